The number of nitrogens with zero attached hydrogens (tertiary/aromatic N) is 4. The zero-order valence-corrected chi connectivity index (χ0v) is 18.0. The first-order chi connectivity index (χ1) is 14.3. The van der Waals surface area contributed by atoms with Gasteiger partial charge in [-0.15, -0.1) is 0 Å². The van der Waals surface area contributed by atoms with Gasteiger partial charge in [-0.2, -0.15) is 5.10 Å². The van der Waals surface area contributed by atoms with Crippen molar-refractivity contribution in [2.75, 3.05) is 32.1 Å². The van der Waals surface area contributed by atoms with Crippen LogP contribution >= 0.6 is 0 Å². The van der Waals surface area contributed by atoms with E-state index in [4.69, 9.17) is 4.74 Å². The molecular weight excluding hydrogens is 387 g/mol. The predicted molar refractivity (Wildman–Crippen MR) is 114 cm³/mol. The Hall–Kier alpha value is -2.90. The van der Waals surface area contributed by atoms with Crippen LogP contribution < -0.4 is 15.2 Å². The first kappa shape index (κ1) is 21.8. The number of carbonyl (C=O) groups is 1. The summed E-state index contributed by atoms with van der Waals surface area (Å²) < 4.78 is 20.3. The molecule has 162 valence electrons. The second-order valence-electron chi connectivity index (χ2n) is 7.98. The third kappa shape index (κ3) is 4.80. The van der Waals surface area contributed by atoms with E-state index in [0.717, 1.165) is 18.5 Å². The molecule has 0 spiro atoms. The Kier molecular flexibility index (Phi) is 6.74. The number of methoxy groups -OCH3 is 1. The second-order valence-corrected chi connectivity index (χ2v) is 7.98. The molecule has 0 radical (unpaired) electrons. The van der Waals surface area contributed by atoms with Gasteiger partial charge in [-0.05, 0) is 44.4 Å². The molecule has 3 rings (SSSR count). The third-order valence-corrected chi connectivity index (χ3v) is 5.66. The lowest BCUT2D eigenvalue weighted by molar-refractivity contribution is -0.132. The van der Waals surface area contributed by atoms with Gasteiger partial charge in [0.05, 0.1) is 31.5 Å². The summed E-state index contributed by atoms with van der Waals surface area (Å²) in [6.45, 7) is 5.14. The molecule has 2 aromatic rings. The minimum absolute atomic E-state index is 0.0894. The maximum atomic E-state index is 13.9. The van der Waals surface area contributed by atoms with E-state index in [-0.39, 0.29) is 35.7 Å². The van der Waals surface area contributed by atoms with Crippen molar-refractivity contribution in [3.8, 4) is 5.75 Å². The number of anilines is 1. The fourth-order valence-electron chi connectivity index (χ4n) is 3.66. The van der Waals surface area contributed by atoms with Crippen molar-refractivity contribution in [1.29, 1.82) is 0 Å². The van der Waals surface area contributed by atoms with Crippen LogP contribution in [0, 0.1) is 5.82 Å². The van der Waals surface area contributed by atoms with E-state index in [1.54, 1.807) is 23.2 Å². The van der Waals surface area contributed by atoms with Gasteiger partial charge in [-0.1, -0.05) is 6.07 Å². The Morgan fingerprint density at radius 1 is 1.37 bits per heavy atom. The average molecular weight is 416 g/mol. The van der Waals surface area contributed by atoms with E-state index in [1.165, 1.54) is 23.9 Å². The maximum absolute atomic E-state index is 13.9. The Morgan fingerprint density at radius 2 is 2.13 bits per heavy atom. The second kappa shape index (κ2) is 9.28. The Morgan fingerprint density at radius 3 is 2.77 bits per heavy atom. The zero-order chi connectivity index (χ0) is 21.8. The van der Waals surface area contributed by atoms with E-state index in [9.17, 15) is 14.0 Å². The molecule has 7 nitrogen and oxygen atoms in total. The number of benzene rings is 1. The van der Waals surface area contributed by atoms with Gasteiger partial charge in [0.25, 0.3) is 5.56 Å². The van der Waals surface area contributed by atoms with Gasteiger partial charge in [0, 0.05) is 32.2 Å². The molecule has 0 bridgehead atoms. The van der Waals surface area contributed by atoms with Crippen LogP contribution in [0.2, 0.25) is 0 Å². The van der Waals surface area contributed by atoms with Gasteiger partial charge >= 0.3 is 0 Å². The summed E-state index contributed by atoms with van der Waals surface area (Å²) in [5.74, 6) is -0.420. The summed E-state index contributed by atoms with van der Waals surface area (Å²) in [6.07, 6.45) is 3.37. The molecule has 1 aliphatic heterocycles. The van der Waals surface area contributed by atoms with Crippen LogP contribution in [0.25, 0.3) is 0 Å². The molecule has 30 heavy (non-hydrogen) atoms. The van der Waals surface area contributed by atoms with Gasteiger partial charge in [-0.25, -0.2) is 9.07 Å². The number of rotatable bonds is 6. The molecular formula is C22H29FN4O3. The number of hydrogen-bond acceptors (Lipinski definition) is 5. The number of piperidine rings is 1. The number of likely N-dealkylation sites (tertiary alicyclic amines) is 1. The van der Waals surface area contributed by atoms with Crippen LogP contribution in [0.1, 0.15) is 38.3 Å². The molecule has 1 amide bonds. The Labute approximate surface area is 176 Å². The van der Waals surface area contributed by atoms with Crippen LogP contribution in [0.5, 0.6) is 5.75 Å². The zero-order valence-electron chi connectivity index (χ0n) is 18.0. The smallest absolute Gasteiger partial charge is 0.269 e. The van der Waals surface area contributed by atoms with E-state index in [0.29, 0.717) is 18.7 Å². The molecule has 1 fully saturated rings. The molecule has 1 aromatic carbocycles. The lowest BCUT2D eigenvalue weighted by Gasteiger charge is -2.33. The summed E-state index contributed by atoms with van der Waals surface area (Å²) >= 11 is 0. The predicted octanol–water partition coefficient (Wildman–Crippen LogP) is 2.64. The van der Waals surface area contributed by atoms with Crippen molar-refractivity contribution in [1.82, 2.24) is 14.7 Å². The lowest BCUT2D eigenvalue weighted by atomic mass is 10.0. The van der Waals surface area contributed by atoms with Crippen LogP contribution in [0.3, 0.4) is 0 Å². The molecule has 1 saturated heterocycles. The van der Waals surface area contributed by atoms with E-state index in [2.05, 4.69) is 5.10 Å². The van der Waals surface area contributed by atoms with E-state index >= 15 is 0 Å². The number of ether oxygens (including phenoxy) is 1. The fourth-order valence-corrected chi connectivity index (χ4v) is 3.66. The normalized spacial score (nSPS) is 16.6. The molecule has 0 aliphatic carbocycles. The molecule has 1 aromatic heterocycles. The topological polar surface area (TPSA) is 67.7 Å². The highest BCUT2D eigenvalue weighted by molar-refractivity contribution is 5.79. The quantitative estimate of drug-likeness (QED) is 0.724. The van der Waals surface area contributed by atoms with Crippen LogP contribution in [0.4, 0.5) is 10.1 Å². The molecule has 1 aliphatic rings. The summed E-state index contributed by atoms with van der Waals surface area (Å²) in [4.78, 5) is 29.1. The summed E-state index contributed by atoms with van der Waals surface area (Å²) in [5.41, 5.74) is 1.20. The molecule has 8 heteroatoms. The number of halogens is 1. The molecule has 2 heterocycles. The van der Waals surface area contributed by atoms with Crippen molar-refractivity contribution < 1.29 is 13.9 Å². The minimum atomic E-state index is -0.485. The van der Waals surface area contributed by atoms with Gasteiger partial charge in [0.1, 0.15) is 0 Å². The minimum Gasteiger partial charge on any atom is -0.494 e. The monoisotopic (exact) mass is 416 g/mol. The van der Waals surface area contributed by atoms with Crippen LogP contribution in [-0.4, -0.2) is 53.9 Å². The first-order valence-corrected chi connectivity index (χ1v) is 10.2. The number of amides is 1. The van der Waals surface area contributed by atoms with Gasteiger partial charge in [-0.3, -0.25) is 9.59 Å². The largest absolute Gasteiger partial charge is 0.494 e. The van der Waals surface area contributed by atoms with Gasteiger partial charge in [0.2, 0.25) is 5.91 Å². The SMILES string of the molecule is COc1ccc(CC(=O)N2CCC[C@H](n3ncc(N(C)C(C)C)cc3=O)C2)cc1F. The van der Waals surface area contributed by atoms with E-state index in [1.807, 2.05) is 25.8 Å². The van der Waals surface area contributed by atoms with Crippen molar-refractivity contribution in [2.45, 2.75) is 45.2 Å². The Bertz CT molecular complexity index is 960. The molecule has 1 atom stereocenters. The summed E-state index contributed by atoms with van der Waals surface area (Å²) in [7, 11) is 3.33. The highest BCUT2D eigenvalue weighted by atomic mass is 19.1. The average Bonchev–Trinajstić information content (AvgIpc) is 2.73. The number of carbonyl (C=O) groups excluding carboxylic acids is 1. The fraction of sp³-hybridized carbons (Fsp3) is 0.500. The van der Waals surface area contributed by atoms with Crippen molar-refractivity contribution >= 4 is 11.6 Å². The third-order valence-electron chi connectivity index (χ3n) is 5.66. The maximum Gasteiger partial charge on any atom is 0.269 e. The standard InChI is InChI=1S/C22H29FN4O3/c1-15(2)25(3)18-12-22(29)27(24-13-18)17-6-5-9-26(14-17)21(28)11-16-7-8-20(30-4)19(23)10-16/h7-8,10,12-13,15,17H,5-6,9,11,14H2,1-4H3/t17-/m0/s1. The summed E-state index contributed by atoms with van der Waals surface area (Å²) in [5, 5.41) is 4.37. The molecule has 0 saturated carbocycles. The van der Waals surface area contributed by atoms with Crippen LogP contribution in [-0.2, 0) is 11.2 Å². The highest BCUT2D eigenvalue weighted by Gasteiger charge is 2.26. The van der Waals surface area contributed by atoms with Gasteiger partial charge in [0.15, 0.2) is 11.6 Å². The van der Waals surface area contributed by atoms with Gasteiger partial charge < -0.3 is 14.5 Å². The van der Waals surface area contributed by atoms with Crippen LogP contribution in [0.15, 0.2) is 35.3 Å². The van der Waals surface area contributed by atoms with Crippen molar-refractivity contribution in [3.63, 3.8) is 0 Å². The highest BCUT2D eigenvalue weighted by Crippen LogP contribution is 2.22. The lowest BCUT2D eigenvalue weighted by Crippen LogP contribution is -2.44. The van der Waals surface area contributed by atoms with Crippen molar-refractivity contribution in [2.24, 2.45) is 0 Å². The number of aromatic nitrogens is 2. The summed E-state index contributed by atoms with van der Waals surface area (Å²) in [6, 6.07) is 6.23. The number of hydrogen-bond donors (Lipinski definition) is 0. The first-order valence-electron chi connectivity index (χ1n) is 10.2. The van der Waals surface area contributed by atoms with Crippen molar-refractivity contribution in [3.05, 3.63) is 52.2 Å². The Balaban J connectivity index is 1.70. The van der Waals surface area contributed by atoms with E-state index < -0.39 is 5.82 Å². The molecule has 0 unspecified atom stereocenters. The molecule has 0 N–H and O–H groups in total.